The number of nitrogens with zero attached hydrogens (tertiary/aromatic N) is 4. The minimum atomic E-state index is -0.454. The fourth-order valence-electron chi connectivity index (χ4n) is 2.57. The second-order valence-corrected chi connectivity index (χ2v) is 5.40. The third-order valence-corrected chi connectivity index (χ3v) is 3.82. The van der Waals surface area contributed by atoms with Gasteiger partial charge >= 0.3 is 0 Å². The van der Waals surface area contributed by atoms with Crippen LogP contribution in [0.1, 0.15) is 30.3 Å². The lowest BCUT2D eigenvalue weighted by Gasteiger charge is -2.16. The van der Waals surface area contributed by atoms with Crippen molar-refractivity contribution in [2.75, 3.05) is 18.0 Å². The molecule has 0 atom stereocenters. The zero-order valence-electron chi connectivity index (χ0n) is 13.0. The van der Waals surface area contributed by atoms with Gasteiger partial charge in [-0.3, -0.25) is 14.2 Å². The van der Waals surface area contributed by atoms with E-state index in [0.29, 0.717) is 25.6 Å². The van der Waals surface area contributed by atoms with Gasteiger partial charge < -0.3 is 10.2 Å². The summed E-state index contributed by atoms with van der Waals surface area (Å²) in [5, 5.41) is 10.7. The fraction of sp³-hybridized carbons (Fsp3) is 0.375. The molecule has 1 aromatic heterocycles. The molecule has 0 bridgehead atoms. The first kappa shape index (κ1) is 15.2. The first-order chi connectivity index (χ1) is 11.2. The number of anilines is 2. The van der Waals surface area contributed by atoms with Crippen LogP contribution in [0.15, 0.2) is 35.1 Å². The number of aromatic nitrogens is 3. The van der Waals surface area contributed by atoms with Crippen LogP contribution in [0.3, 0.4) is 0 Å². The lowest BCUT2D eigenvalue weighted by Crippen LogP contribution is -2.35. The lowest BCUT2D eigenvalue weighted by atomic mass is 10.3. The van der Waals surface area contributed by atoms with Crippen LogP contribution in [0.5, 0.6) is 0 Å². The topological polar surface area (TPSA) is 80.1 Å². The summed E-state index contributed by atoms with van der Waals surface area (Å²) < 4.78 is 1.51. The molecule has 0 saturated carbocycles. The SMILES string of the molecule is CCCCNC(=O)c1nnc2n(c1=O)CCN2c1ccccc1. The molecule has 23 heavy (non-hydrogen) atoms. The Balaban J connectivity index is 1.87. The number of amides is 1. The Hall–Kier alpha value is -2.70. The van der Waals surface area contributed by atoms with E-state index in [1.165, 1.54) is 4.57 Å². The van der Waals surface area contributed by atoms with E-state index < -0.39 is 5.91 Å². The summed E-state index contributed by atoms with van der Waals surface area (Å²) in [7, 11) is 0. The third kappa shape index (κ3) is 2.94. The first-order valence-electron chi connectivity index (χ1n) is 7.80. The number of benzene rings is 1. The molecular formula is C16H19N5O2. The Bertz CT molecular complexity index is 757. The summed E-state index contributed by atoms with van der Waals surface area (Å²) in [6, 6.07) is 9.70. The van der Waals surface area contributed by atoms with Gasteiger partial charge in [-0.15, -0.1) is 10.2 Å². The van der Waals surface area contributed by atoms with Gasteiger partial charge in [-0.05, 0) is 18.6 Å². The molecule has 0 radical (unpaired) electrons. The standard InChI is InChI=1S/C16H19N5O2/c1-2-3-9-17-14(22)13-15(23)21-11-10-20(16(21)19-18-13)12-7-5-4-6-8-12/h4-8H,2-3,9-11H2,1H3,(H,17,22). The molecule has 3 rings (SSSR count). The molecule has 0 saturated heterocycles. The van der Waals surface area contributed by atoms with Crippen molar-refractivity contribution >= 4 is 17.5 Å². The van der Waals surface area contributed by atoms with Gasteiger partial charge in [0, 0.05) is 25.3 Å². The Kier molecular flexibility index (Phi) is 4.36. The molecule has 1 aromatic carbocycles. The molecule has 0 unspecified atom stereocenters. The van der Waals surface area contributed by atoms with Gasteiger partial charge in [0.2, 0.25) is 11.6 Å². The van der Waals surface area contributed by atoms with Gasteiger partial charge in [0.25, 0.3) is 11.5 Å². The monoisotopic (exact) mass is 313 g/mol. The highest BCUT2D eigenvalue weighted by Crippen LogP contribution is 2.25. The van der Waals surface area contributed by atoms with Crippen LogP contribution in [-0.4, -0.2) is 33.8 Å². The average Bonchev–Trinajstić information content (AvgIpc) is 3.01. The molecule has 1 aliphatic rings. The second-order valence-electron chi connectivity index (χ2n) is 5.40. The van der Waals surface area contributed by atoms with Crippen LogP contribution < -0.4 is 15.8 Å². The largest absolute Gasteiger partial charge is 0.350 e. The Morgan fingerprint density at radius 1 is 1.22 bits per heavy atom. The molecular weight excluding hydrogens is 294 g/mol. The summed E-state index contributed by atoms with van der Waals surface area (Å²) in [5.41, 5.74) is 0.426. The van der Waals surface area contributed by atoms with Gasteiger partial charge in [-0.25, -0.2) is 0 Å². The summed E-state index contributed by atoms with van der Waals surface area (Å²) in [4.78, 5) is 26.5. The molecule has 1 aliphatic heterocycles. The van der Waals surface area contributed by atoms with Crippen LogP contribution in [0.25, 0.3) is 0 Å². The molecule has 7 nitrogen and oxygen atoms in total. The smallest absolute Gasteiger partial charge is 0.286 e. The summed E-state index contributed by atoms with van der Waals surface area (Å²) in [6.07, 6.45) is 1.84. The van der Waals surface area contributed by atoms with E-state index in [1.807, 2.05) is 42.2 Å². The molecule has 120 valence electrons. The molecule has 7 heteroatoms. The van der Waals surface area contributed by atoms with Gasteiger partial charge in [0.15, 0.2) is 0 Å². The molecule has 0 aliphatic carbocycles. The van der Waals surface area contributed by atoms with E-state index in [0.717, 1.165) is 18.5 Å². The Labute approximate surface area is 134 Å². The average molecular weight is 313 g/mol. The zero-order chi connectivity index (χ0) is 16.2. The zero-order valence-corrected chi connectivity index (χ0v) is 13.0. The number of fused-ring (bicyclic) bond motifs is 1. The lowest BCUT2D eigenvalue weighted by molar-refractivity contribution is 0.0944. The minimum absolute atomic E-state index is 0.139. The third-order valence-electron chi connectivity index (χ3n) is 3.82. The number of hydrogen-bond donors (Lipinski definition) is 1. The van der Waals surface area contributed by atoms with Crippen molar-refractivity contribution in [1.82, 2.24) is 20.1 Å². The van der Waals surface area contributed by atoms with Crippen molar-refractivity contribution in [3.05, 3.63) is 46.4 Å². The van der Waals surface area contributed by atoms with Crippen molar-refractivity contribution in [1.29, 1.82) is 0 Å². The summed E-state index contributed by atoms with van der Waals surface area (Å²) >= 11 is 0. The number of rotatable bonds is 5. The molecule has 2 heterocycles. The van der Waals surface area contributed by atoms with Crippen molar-refractivity contribution in [3.63, 3.8) is 0 Å². The van der Waals surface area contributed by atoms with Gasteiger partial charge in [-0.1, -0.05) is 31.5 Å². The van der Waals surface area contributed by atoms with E-state index in [1.54, 1.807) is 0 Å². The minimum Gasteiger partial charge on any atom is -0.350 e. The van der Waals surface area contributed by atoms with Crippen LogP contribution in [-0.2, 0) is 6.54 Å². The molecule has 2 aromatic rings. The second kappa shape index (κ2) is 6.60. The quantitative estimate of drug-likeness (QED) is 0.842. The predicted octanol–water partition coefficient (Wildman–Crippen LogP) is 1.32. The van der Waals surface area contributed by atoms with E-state index in [-0.39, 0.29) is 11.3 Å². The van der Waals surface area contributed by atoms with Crippen molar-refractivity contribution in [2.24, 2.45) is 0 Å². The molecule has 0 fully saturated rings. The molecule has 0 spiro atoms. The number of carbonyl (C=O) groups excluding carboxylic acids is 1. The first-order valence-corrected chi connectivity index (χ1v) is 7.80. The van der Waals surface area contributed by atoms with E-state index in [9.17, 15) is 9.59 Å². The maximum atomic E-state index is 12.5. The predicted molar refractivity (Wildman–Crippen MR) is 87.0 cm³/mol. The summed E-state index contributed by atoms with van der Waals surface area (Å²) in [6.45, 7) is 3.70. The van der Waals surface area contributed by atoms with E-state index in [4.69, 9.17) is 0 Å². The maximum absolute atomic E-state index is 12.5. The highest BCUT2D eigenvalue weighted by Gasteiger charge is 2.26. The van der Waals surface area contributed by atoms with Crippen molar-refractivity contribution in [2.45, 2.75) is 26.3 Å². The van der Waals surface area contributed by atoms with Crippen molar-refractivity contribution in [3.8, 4) is 0 Å². The van der Waals surface area contributed by atoms with E-state index >= 15 is 0 Å². The fourth-order valence-corrected chi connectivity index (χ4v) is 2.57. The van der Waals surface area contributed by atoms with E-state index in [2.05, 4.69) is 15.5 Å². The normalized spacial score (nSPS) is 13.0. The Morgan fingerprint density at radius 2 is 2.00 bits per heavy atom. The maximum Gasteiger partial charge on any atom is 0.286 e. The number of nitrogens with one attached hydrogen (secondary N) is 1. The number of para-hydroxylation sites is 1. The Morgan fingerprint density at radius 3 is 2.74 bits per heavy atom. The summed E-state index contributed by atoms with van der Waals surface area (Å²) in [5.74, 6) is 0.0238. The highest BCUT2D eigenvalue weighted by atomic mass is 16.2. The van der Waals surface area contributed by atoms with Gasteiger partial charge in [0.05, 0.1) is 0 Å². The molecule has 1 amide bonds. The molecule has 1 N–H and O–H groups in total. The van der Waals surface area contributed by atoms with Gasteiger partial charge in [-0.2, -0.15) is 0 Å². The van der Waals surface area contributed by atoms with Crippen LogP contribution >= 0.6 is 0 Å². The van der Waals surface area contributed by atoms with Crippen LogP contribution in [0.4, 0.5) is 11.6 Å². The highest BCUT2D eigenvalue weighted by molar-refractivity contribution is 5.91. The van der Waals surface area contributed by atoms with Crippen molar-refractivity contribution < 1.29 is 4.79 Å². The number of carbonyl (C=O) groups is 1. The van der Waals surface area contributed by atoms with Gasteiger partial charge in [0.1, 0.15) is 0 Å². The number of unbranched alkanes of at least 4 members (excludes halogenated alkanes) is 1. The number of hydrogen-bond acceptors (Lipinski definition) is 5. The van der Waals surface area contributed by atoms with Crippen LogP contribution in [0.2, 0.25) is 0 Å². The van der Waals surface area contributed by atoms with Crippen LogP contribution in [0, 0.1) is 0 Å².